The highest BCUT2D eigenvalue weighted by atomic mass is 35.5. The molecule has 6 heteroatoms. The molecule has 0 spiro atoms. The molecule has 0 bridgehead atoms. The number of benzene rings is 2. The van der Waals surface area contributed by atoms with Crippen LogP contribution in [0.25, 0.3) is 0 Å². The number of halogens is 1. The zero-order valence-corrected chi connectivity index (χ0v) is 14.3. The average Bonchev–Trinajstić information content (AvgIpc) is 2.53. The van der Waals surface area contributed by atoms with E-state index in [1.54, 1.807) is 11.0 Å². The van der Waals surface area contributed by atoms with Crippen LogP contribution < -0.4 is 10.6 Å². The summed E-state index contributed by atoms with van der Waals surface area (Å²) in [6.45, 7) is 3.42. The summed E-state index contributed by atoms with van der Waals surface area (Å²) >= 11 is 5.80. The van der Waals surface area contributed by atoms with E-state index in [0.717, 1.165) is 5.69 Å². The maximum atomic E-state index is 12.5. The van der Waals surface area contributed by atoms with Crippen LogP contribution in [0, 0.1) is 0 Å². The van der Waals surface area contributed by atoms with Crippen molar-refractivity contribution >= 4 is 34.9 Å². The summed E-state index contributed by atoms with van der Waals surface area (Å²) < 4.78 is 5.11. The third kappa shape index (κ3) is 4.26. The second-order valence-corrected chi connectivity index (χ2v) is 5.94. The monoisotopic (exact) mass is 346 g/mol. The van der Waals surface area contributed by atoms with Crippen LogP contribution in [0.15, 0.2) is 48.5 Å². The highest BCUT2D eigenvalue weighted by Crippen LogP contribution is 2.20. The molecule has 0 aliphatic carbocycles. The number of hydrogen-bond donors (Lipinski definition) is 1. The Morgan fingerprint density at radius 2 is 1.83 bits per heavy atom. The molecular formula is C18H19ClN2O3. The van der Waals surface area contributed by atoms with Gasteiger partial charge in [-0.1, -0.05) is 29.8 Å². The number of para-hydroxylation sites is 1. The van der Waals surface area contributed by atoms with Gasteiger partial charge in [0.25, 0.3) is 5.91 Å². The summed E-state index contributed by atoms with van der Waals surface area (Å²) in [5.74, 6) is -0.966. The Labute approximate surface area is 146 Å². The Kier molecular flexibility index (Phi) is 5.82. The summed E-state index contributed by atoms with van der Waals surface area (Å²) in [5, 5.41) is 0.426. The van der Waals surface area contributed by atoms with E-state index >= 15 is 0 Å². The molecule has 2 aromatic carbocycles. The SMILES string of the molecule is CC(C)N(C(=O)COC(=O)c1ccc(Cl)cc1N)c1ccccc1. The standard InChI is InChI=1S/C18H19ClN2O3/c1-12(2)21(14-6-4-3-5-7-14)17(22)11-24-18(23)15-9-8-13(19)10-16(15)20/h3-10,12H,11,20H2,1-2H3. The highest BCUT2D eigenvalue weighted by molar-refractivity contribution is 6.31. The number of nitrogens with two attached hydrogens (primary N) is 1. The Balaban J connectivity index is 2.07. The molecule has 0 unspecified atom stereocenters. The number of hydrogen-bond acceptors (Lipinski definition) is 4. The van der Waals surface area contributed by atoms with Crippen molar-refractivity contribution in [2.24, 2.45) is 0 Å². The van der Waals surface area contributed by atoms with Gasteiger partial charge in [-0.15, -0.1) is 0 Å². The van der Waals surface area contributed by atoms with Crippen LogP contribution in [0.1, 0.15) is 24.2 Å². The smallest absolute Gasteiger partial charge is 0.340 e. The summed E-state index contributed by atoms with van der Waals surface area (Å²) in [4.78, 5) is 26.1. The quantitative estimate of drug-likeness (QED) is 0.664. The predicted molar refractivity (Wildman–Crippen MR) is 95.2 cm³/mol. The van der Waals surface area contributed by atoms with E-state index in [0.29, 0.717) is 5.02 Å². The van der Waals surface area contributed by atoms with Gasteiger partial charge in [-0.25, -0.2) is 4.79 Å². The molecule has 0 atom stereocenters. The van der Waals surface area contributed by atoms with Gasteiger partial charge in [0.05, 0.1) is 5.56 Å². The highest BCUT2D eigenvalue weighted by Gasteiger charge is 2.21. The summed E-state index contributed by atoms with van der Waals surface area (Å²) in [6.07, 6.45) is 0. The topological polar surface area (TPSA) is 72.6 Å². The fourth-order valence-corrected chi connectivity index (χ4v) is 2.49. The molecule has 0 radical (unpaired) electrons. The van der Waals surface area contributed by atoms with Crippen molar-refractivity contribution in [3.63, 3.8) is 0 Å². The minimum Gasteiger partial charge on any atom is -0.452 e. The van der Waals surface area contributed by atoms with Crippen molar-refractivity contribution in [3.8, 4) is 0 Å². The molecular weight excluding hydrogens is 328 g/mol. The zero-order chi connectivity index (χ0) is 17.7. The molecule has 1 amide bonds. The molecule has 0 aliphatic heterocycles. The number of nitrogen functional groups attached to an aromatic ring is 1. The Bertz CT molecular complexity index is 732. The molecule has 0 heterocycles. The third-order valence-electron chi connectivity index (χ3n) is 3.38. The van der Waals surface area contributed by atoms with Crippen molar-refractivity contribution in [2.75, 3.05) is 17.2 Å². The van der Waals surface area contributed by atoms with Gasteiger partial charge in [-0.05, 0) is 44.2 Å². The lowest BCUT2D eigenvalue weighted by Crippen LogP contribution is -2.39. The molecule has 5 nitrogen and oxygen atoms in total. The summed E-state index contributed by atoms with van der Waals surface area (Å²) in [5.41, 5.74) is 6.89. The average molecular weight is 347 g/mol. The largest absolute Gasteiger partial charge is 0.452 e. The number of anilines is 2. The third-order valence-corrected chi connectivity index (χ3v) is 3.61. The fourth-order valence-electron chi connectivity index (χ4n) is 2.31. The van der Waals surface area contributed by atoms with Crippen molar-refractivity contribution in [3.05, 3.63) is 59.1 Å². The fraction of sp³-hybridized carbons (Fsp3) is 0.222. The molecule has 0 aliphatic rings. The summed E-state index contributed by atoms with van der Waals surface area (Å²) in [6, 6.07) is 13.6. The Hall–Kier alpha value is -2.53. The van der Waals surface area contributed by atoms with Gasteiger partial charge >= 0.3 is 5.97 Å². The molecule has 2 aromatic rings. The molecule has 2 rings (SSSR count). The number of nitrogens with zero attached hydrogens (tertiary/aromatic N) is 1. The molecule has 0 aromatic heterocycles. The Morgan fingerprint density at radius 1 is 1.17 bits per heavy atom. The molecule has 2 N–H and O–H groups in total. The Morgan fingerprint density at radius 3 is 2.42 bits per heavy atom. The molecule has 24 heavy (non-hydrogen) atoms. The number of amides is 1. The number of carbonyl (C=O) groups is 2. The van der Waals surface area contributed by atoms with Crippen LogP contribution in [0.5, 0.6) is 0 Å². The van der Waals surface area contributed by atoms with Crippen molar-refractivity contribution < 1.29 is 14.3 Å². The second kappa shape index (κ2) is 7.84. The first kappa shape index (κ1) is 17.8. The minimum absolute atomic E-state index is 0.0702. The molecule has 126 valence electrons. The lowest BCUT2D eigenvalue weighted by Gasteiger charge is -2.26. The lowest BCUT2D eigenvalue weighted by atomic mass is 10.2. The zero-order valence-electron chi connectivity index (χ0n) is 13.5. The van der Waals surface area contributed by atoms with Crippen LogP contribution in [-0.4, -0.2) is 24.5 Å². The van der Waals surface area contributed by atoms with E-state index in [2.05, 4.69) is 0 Å². The summed E-state index contributed by atoms with van der Waals surface area (Å²) in [7, 11) is 0. The lowest BCUT2D eigenvalue weighted by molar-refractivity contribution is -0.122. The van der Waals surface area contributed by atoms with E-state index in [-0.39, 0.29) is 29.8 Å². The van der Waals surface area contributed by atoms with Crippen molar-refractivity contribution in [2.45, 2.75) is 19.9 Å². The first-order valence-corrected chi connectivity index (χ1v) is 7.87. The van der Waals surface area contributed by atoms with E-state index in [9.17, 15) is 9.59 Å². The van der Waals surface area contributed by atoms with Crippen LogP contribution in [0.3, 0.4) is 0 Å². The number of rotatable bonds is 5. The number of esters is 1. The number of ether oxygens (including phenoxy) is 1. The van der Waals surface area contributed by atoms with E-state index in [4.69, 9.17) is 22.1 Å². The van der Waals surface area contributed by atoms with E-state index in [1.165, 1.54) is 12.1 Å². The van der Waals surface area contributed by atoms with E-state index < -0.39 is 5.97 Å². The van der Waals surface area contributed by atoms with Gasteiger partial charge < -0.3 is 15.4 Å². The minimum atomic E-state index is -0.658. The van der Waals surface area contributed by atoms with Crippen LogP contribution in [-0.2, 0) is 9.53 Å². The number of carbonyl (C=O) groups excluding carboxylic acids is 2. The first-order valence-electron chi connectivity index (χ1n) is 7.49. The van der Waals surface area contributed by atoms with Crippen LogP contribution >= 0.6 is 11.6 Å². The van der Waals surface area contributed by atoms with E-state index in [1.807, 2.05) is 44.2 Å². The van der Waals surface area contributed by atoms with Crippen LogP contribution in [0.4, 0.5) is 11.4 Å². The maximum Gasteiger partial charge on any atom is 0.340 e. The second-order valence-electron chi connectivity index (χ2n) is 5.50. The maximum absolute atomic E-state index is 12.5. The van der Waals surface area contributed by atoms with Gasteiger partial charge in [0.2, 0.25) is 0 Å². The molecule has 0 saturated heterocycles. The predicted octanol–water partition coefficient (Wildman–Crippen LogP) is 3.52. The normalized spacial score (nSPS) is 10.5. The van der Waals surface area contributed by atoms with Gasteiger partial charge in [0.1, 0.15) is 0 Å². The van der Waals surface area contributed by atoms with Gasteiger partial charge in [-0.3, -0.25) is 4.79 Å². The van der Waals surface area contributed by atoms with Crippen molar-refractivity contribution in [1.29, 1.82) is 0 Å². The van der Waals surface area contributed by atoms with Crippen molar-refractivity contribution in [1.82, 2.24) is 0 Å². The van der Waals surface area contributed by atoms with Crippen LogP contribution in [0.2, 0.25) is 5.02 Å². The van der Waals surface area contributed by atoms with Gasteiger partial charge in [0.15, 0.2) is 6.61 Å². The molecule has 0 saturated carbocycles. The van der Waals surface area contributed by atoms with Gasteiger partial charge in [-0.2, -0.15) is 0 Å². The van der Waals surface area contributed by atoms with Gasteiger partial charge in [0, 0.05) is 22.4 Å². The molecule has 0 fully saturated rings. The first-order chi connectivity index (χ1) is 11.4.